The van der Waals surface area contributed by atoms with Gasteiger partial charge in [0.25, 0.3) is 5.91 Å². The minimum Gasteiger partial charge on any atom is -0.495 e. The van der Waals surface area contributed by atoms with Gasteiger partial charge in [-0.1, -0.05) is 60.2 Å². The zero-order valence-electron chi connectivity index (χ0n) is 17.5. The van der Waals surface area contributed by atoms with Crippen LogP contribution in [0, 0.1) is 6.92 Å². The van der Waals surface area contributed by atoms with Crippen LogP contribution < -0.4 is 10.1 Å². The lowest BCUT2D eigenvalue weighted by molar-refractivity contribution is -0.123. The summed E-state index contributed by atoms with van der Waals surface area (Å²) in [4.78, 5) is 38.2. The molecular weight excluding hydrogens is 394 g/mol. The molecule has 31 heavy (non-hydrogen) atoms. The molecule has 0 aliphatic heterocycles. The Morgan fingerprint density at radius 1 is 0.839 bits per heavy atom. The van der Waals surface area contributed by atoms with E-state index >= 15 is 0 Å². The highest BCUT2D eigenvalue weighted by molar-refractivity contribution is 6.14. The topological polar surface area (TPSA) is 81.7 Å². The van der Waals surface area contributed by atoms with E-state index in [-0.39, 0.29) is 16.9 Å². The van der Waals surface area contributed by atoms with Gasteiger partial charge in [0.05, 0.1) is 18.4 Å². The van der Waals surface area contributed by atoms with Crippen LogP contribution in [-0.2, 0) is 9.53 Å². The van der Waals surface area contributed by atoms with E-state index in [1.165, 1.54) is 20.1 Å². The molecule has 158 valence electrons. The second kappa shape index (κ2) is 9.71. The van der Waals surface area contributed by atoms with Crippen LogP contribution in [0.5, 0.6) is 5.75 Å². The summed E-state index contributed by atoms with van der Waals surface area (Å²) in [5.41, 5.74) is 2.28. The van der Waals surface area contributed by atoms with Crippen LogP contribution in [0.3, 0.4) is 0 Å². The molecule has 6 heteroatoms. The highest BCUT2D eigenvalue weighted by Gasteiger charge is 2.24. The standard InChI is InChI=1S/C25H23NO5/c1-16-12-14-18(15-13-16)23(27)19-8-4-5-9-20(19)25(29)31-17(2)24(28)26-21-10-6-7-11-22(21)30-3/h4-15,17H,1-3H3,(H,26,28)/t17-/m1/s1. The normalized spacial score (nSPS) is 11.3. The van der Waals surface area contributed by atoms with Crippen molar-refractivity contribution in [3.8, 4) is 5.75 Å². The smallest absolute Gasteiger partial charge is 0.339 e. The Labute approximate surface area is 180 Å². The fraction of sp³-hybridized carbons (Fsp3) is 0.160. The van der Waals surface area contributed by atoms with Crippen molar-refractivity contribution in [3.05, 3.63) is 95.1 Å². The van der Waals surface area contributed by atoms with E-state index in [1.807, 2.05) is 19.1 Å². The van der Waals surface area contributed by atoms with Crippen molar-refractivity contribution in [1.29, 1.82) is 0 Å². The van der Waals surface area contributed by atoms with E-state index in [0.29, 0.717) is 17.0 Å². The Hall–Kier alpha value is -3.93. The second-order valence-corrected chi connectivity index (χ2v) is 6.98. The van der Waals surface area contributed by atoms with Crippen molar-refractivity contribution in [3.63, 3.8) is 0 Å². The molecule has 0 saturated carbocycles. The van der Waals surface area contributed by atoms with Gasteiger partial charge in [0.1, 0.15) is 5.75 Å². The number of hydrogen-bond donors (Lipinski definition) is 1. The van der Waals surface area contributed by atoms with E-state index in [1.54, 1.807) is 54.6 Å². The van der Waals surface area contributed by atoms with Gasteiger partial charge in [-0.15, -0.1) is 0 Å². The molecule has 0 bridgehead atoms. The number of ketones is 1. The number of methoxy groups -OCH3 is 1. The lowest BCUT2D eigenvalue weighted by Crippen LogP contribution is -2.30. The number of carbonyl (C=O) groups is 3. The first-order chi connectivity index (χ1) is 14.9. The summed E-state index contributed by atoms with van der Waals surface area (Å²) >= 11 is 0. The van der Waals surface area contributed by atoms with Crippen molar-refractivity contribution in [1.82, 2.24) is 0 Å². The Morgan fingerprint density at radius 3 is 2.13 bits per heavy atom. The van der Waals surface area contributed by atoms with E-state index in [0.717, 1.165) is 5.56 Å². The maximum Gasteiger partial charge on any atom is 0.339 e. The fourth-order valence-electron chi connectivity index (χ4n) is 2.98. The van der Waals surface area contributed by atoms with Gasteiger partial charge in [-0.25, -0.2) is 4.79 Å². The molecular formula is C25H23NO5. The molecule has 0 radical (unpaired) electrons. The van der Waals surface area contributed by atoms with Crippen molar-refractivity contribution in [2.45, 2.75) is 20.0 Å². The van der Waals surface area contributed by atoms with Gasteiger partial charge in [-0.2, -0.15) is 0 Å². The number of amides is 1. The van der Waals surface area contributed by atoms with Crippen LogP contribution in [0.4, 0.5) is 5.69 Å². The average molecular weight is 417 g/mol. The maximum absolute atomic E-state index is 12.9. The number of esters is 1. The lowest BCUT2D eigenvalue weighted by atomic mass is 9.98. The van der Waals surface area contributed by atoms with Crippen LogP contribution in [0.2, 0.25) is 0 Å². The molecule has 0 aliphatic rings. The largest absolute Gasteiger partial charge is 0.495 e. The van der Waals surface area contributed by atoms with Crippen molar-refractivity contribution in [2.75, 3.05) is 12.4 Å². The SMILES string of the molecule is COc1ccccc1NC(=O)[C@@H](C)OC(=O)c1ccccc1C(=O)c1ccc(C)cc1. The van der Waals surface area contributed by atoms with E-state index in [2.05, 4.69) is 5.32 Å². The molecule has 1 atom stereocenters. The highest BCUT2D eigenvalue weighted by Crippen LogP contribution is 2.23. The second-order valence-electron chi connectivity index (χ2n) is 6.98. The molecule has 1 N–H and O–H groups in total. The summed E-state index contributed by atoms with van der Waals surface area (Å²) in [6.07, 6.45) is -1.08. The number of anilines is 1. The van der Waals surface area contributed by atoms with E-state index < -0.39 is 18.0 Å². The fourth-order valence-corrected chi connectivity index (χ4v) is 2.98. The lowest BCUT2D eigenvalue weighted by Gasteiger charge is -2.16. The molecule has 3 aromatic carbocycles. The minimum atomic E-state index is -1.08. The van der Waals surface area contributed by atoms with Crippen LogP contribution >= 0.6 is 0 Å². The van der Waals surface area contributed by atoms with Gasteiger partial charge in [0.15, 0.2) is 11.9 Å². The molecule has 3 aromatic rings. The Kier molecular flexibility index (Phi) is 6.82. The third kappa shape index (κ3) is 5.17. The van der Waals surface area contributed by atoms with Crippen LogP contribution in [0.1, 0.15) is 38.8 Å². The summed E-state index contributed by atoms with van der Waals surface area (Å²) in [5, 5.41) is 2.68. The van der Waals surface area contributed by atoms with Gasteiger partial charge in [-0.05, 0) is 32.0 Å². The third-order valence-corrected chi connectivity index (χ3v) is 4.72. The van der Waals surface area contributed by atoms with E-state index in [4.69, 9.17) is 9.47 Å². The number of benzene rings is 3. The summed E-state index contributed by atoms with van der Waals surface area (Å²) in [6, 6.07) is 20.4. The van der Waals surface area contributed by atoms with Gasteiger partial charge in [0, 0.05) is 11.1 Å². The van der Waals surface area contributed by atoms with E-state index in [9.17, 15) is 14.4 Å². The first-order valence-electron chi connectivity index (χ1n) is 9.76. The molecule has 6 nitrogen and oxygen atoms in total. The van der Waals surface area contributed by atoms with Gasteiger partial charge >= 0.3 is 5.97 Å². The van der Waals surface area contributed by atoms with Gasteiger partial charge < -0.3 is 14.8 Å². The Bertz CT molecular complexity index is 1100. The molecule has 0 aromatic heterocycles. The van der Waals surface area contributed by atoms with Gasteiger partial charge in [-0.3, -0.25) is 9.59 Å². The number of aryl methyl sites for hydroxylation is 1. The quantitative estimate of drug-likeness (QED) is 0.455. The zero-order chi connectivity index (χ0) is 22.4. The molecule has 0 spiro atoms. The van der Waals surface area contributed by atoms with Crippen molar-refractivity contribution >= 4 is 23.3 Å². The number of hydrogen-bond acceptors (Lipinski definition) is 5. The summed E-state index contributed by atoms with van der Waals surface area (Å²) in [5.74, 6) is -1.07. The number of rotatable bonds is 7. The molecule has 0 unspecified atom stereocenters. The summed E-state index contributed by atoms with van der Waals surface area (Å²) < 4.78 is 10.6. The summed E-state index contributed by atoms with van der Waals surface area (Å²) in [6.45, 7) is 3.39. The van der Waals surface area contributed by atoms with Crippen molar-refractivity contribution in [2.24, 2.45) is 0 Å². The van der Waals surface area contributed by atoms with Crippen LogP contribution in [0.15, 0.2) is 72.8 Å². The highest BCUT2D eigenvalue weighted by atomic mass is 16.5. The molecule has 0 aliphatic carbocycles. The predicted molar refractivity (Wildman–Crippen MR) is 118 cm³/mol. The van der Waals surface area contributed by atoms with Crippen molar-refractivity contribution < 1.29 is 23.9 Å². The number of carbonyl (C=O) groups excluding carboxylic acids is 3. The first-order valence-corrected chi connectivity index (χ1v) is 9.76. The third-order valence-electron chi connectivity index (χ3n) is 4.72. The monoisotopic (exact) mass is 417 g/mol. The number of ether oxygens (including phenoxy) is 2. The van der Waals surface area contributed by atoms with Crippen LogP contribution in [0.25, 0.3) is 0 Å². The first kappa shape index (κ1) is 21.8. The number of para-hydroxylation sites is 2. The zero-order valence-corrected chi connectivity index (χ0v) is 17.5. The molecule has 0 saturated heterocycles. The molecule has 1 amide bonds. The number of nitrogens with one attached hydrogen (secondary N) is 1. The van der Waals surface area contributed by atoms with Gasteiger partial charge in [0.2, 0.25) is 0 Å². The molecule has 0 fully saturated rings. The predicted octanol–water partition coefficient (Wildman–Crippen LogP) is 4.42. The summed E-state index contributed by atoms with van der Waals surface area (Å²) in [7, 11) is 1.50. The molecule has 0 heterocycles. The minimum absolute atomic E-state index is 0.102. The maximum atomic E-state index is 12.9. The molecule has 3 rings (SSSR count). The Balaban J connectivity index is 1.75. The Morgan fingerprint density at radius 2 is 1.45 bits per heavy atom. The average Bonchev–Trinajstić information content (AvgIpc) is 2.79. The van der Waals surface area contributed by atoms with Crippen LogP contribution in [-0.4, -0.2) is 30.9 Å².